The first-order valence-electron chi connectivity index (χ1n) is 12.6. The molecule has 5 nitrogen and oxygen atoms in total. The van der Waals surface area contributed by atoms with Crippen molar-refractivity contribution < 1.29 is 28.5 Å². The summed E-state index contributed by atoms with van der Waals surface area (Å²) in [6.07, 6.45) is 1.86. The van der Waals surface area contributed by atoms with Gasteiger partial charge in [-0.25, -0.2) is 4.39 Å². The number of aliphatic carboxylic acids is 1. The number of hydrogen-bond donors (Lipinski definition) is 1. The molecule has 0 aliphatic heterocycles. The predicted octanol–water partition coefficient (Wildman–Crippen LogP) is 7.16. The Kier molecular flexibility index (Phi) is 7.59. The zero-order valence-electron chi connectivity index (χ0n) is 21.2. The van der Waals surface area contributed by atoms with Crippen molar-refractivity contribution in [2.24, 2.45) is 0 Å². The van der Waals surface area contributed by atoms with Crippen LogP contribution in [0.1, 0.15) is 41.0 Å². The van der Waals surface area contributed by atoms with E-state index in [-0.39, 0.29) is 24.8 Å². The SMILES string of the molecule is COc1ccc(F)c(-c2ccc(COc3ccc4c(c3)[C@@H](CC(=O)O)CC4)cc2OCc2ccccc2)c1. The van der Waals surface area contributed by atoms with Crippen LogP contribution in [0.2, 0.25) is 0 Å². The number of aryl methyl sites for hydroxylation is 1. The van der Waals surface area contributed by atoms with Gasteiger partial charge in [0.25, 0.3) is 0 Å². The van der Waals surface area contributed by atoms with E-state index in [0.29, 0.717) is 35.0 Å². The van der Waals surface area contributed by atoms with Crippen LogP contribution in [-0.4, -0.2) is 18.2 Å². The molecule has 194 valence electrons. The molecule has 38 heavy (non-hydrogen) atoms. The first kappa shape index (κ1) is 25.3. The van der Waals surface area contributed by atoms with Crippen molar-refractivity contribution >= 4 is 5.97 Å². The lowest BCUT2D eigenvalue weighted by atomic mass is 9.98. The average Bonchev–Trinajstić information content (AvgIpc) is 3.33. The van der Waals surface area contributed by atoms with E-state index in [4.69, 9.17) is 14.2 Å². The lowest BCUT2D eigenvalue weighted by Gasteiger charge is -2.16. The van der Waals surface area contributed by atoms with Crippen molar-refractivity contribution in [2.45, 2.75) is 38.4 Å². The quantitative estimate of drug-likeness (QED) is 0.244. The van der Waals surface area contributed by atoms with Gasteiger partial charge >= 0.3 is 5.97 Å². The van der Waals surface area contributed by atoms with Crippen molar-refractivity contribution in [3.8, 4) is 28.4 Å². The fourth-order valence-electron chi connectivity index (χ4n) is 4.92. The normalized spacial score (nSPS) is 14.1. The lowest BCUT2D eigenvalue weighted by molar-refractivity contribution is -0.137. The third-order valence-electron chi connectivity index (χ3n) is 6.89. The Labute approximate surface area is 221 Å². The van der Waals surface area contributed by atoms with Gasteiger partial charge in [-0.15, -0.1) is 0 Å². The minimum absolute atomic E-state index is 0.0149. The molecule has 0 radical (unpaired) electrons. The molecule has 0 amide bonds. The molecule has 6 heteroatoms. The minimum atomic E-state index is -0.787. The second-order valence-electron chi connectivity index (χ2n) is 9.43. The molecular weight excluding hydrogens is 483 g/mol. The minimum Gasteiger partial charge on any atom is -0.497 e. The molecule has 1 aliphatic carbocycles. The van der Waals surface area contributed by atoms with Crippen LogP contribution >= 0.6 is 0 Å². The molecule has 0 unspecified atom stereocenters. The zero-order valence-corrected chi connectivity index (χ0v) is 21.2. The maximum absolute atomic E-state index is 14.9. The van der Waals surface area contributed by atoms with Crippen molar-refractivity contribution in [3.63, 3.8) is 0 Å². The fourth-order valence-corrected chi connectivity index (χ4v) is 4.92. The first-order valence-corrected chi connectivity index (χ1v) is 12.6. The van der Waals surface area contributed by atoms with E-state index in [2.05, 4.69) is 0 Å². The Balaban J connectivity index is 1.39. The topological polar surface area (TPSA) is 65.0 Å². The van der Waals surface area contributed by atoms with Crippen LogP contribution in [0.4, 0.5) is 4.39 Å². The number of benzene rings is 4. The number of carboxylic acids is 1. The molecule has 1 N–H and O–H groups in total. The van der Waals surface area contributed by atoms with Crippen LogP contribution in [0, 0.1) is 5.82 Å². The second kappa shape index (κ2) is 11.4. The van der Waals surface area contributed by atoms with Gasteiger partial charge in [-0.05, 0) is 77.4 Å². The Bertz CT molecular complexity index is 1430. The monoisotopic (exact) mass is 512 g/mol. The Morgan fingerprint density at radius 2 is 1.66 bits per heavy atom. The zero-order chi connectivity index (χ0) is 26.5. The van der Waals surface area contributed by atoms with Gasteiger partial charge in [0, 0.05) is 11.1 Å². The third-order valence-corrected chi connectivity index (χ3v) is 6.89. The summed E-state index contributed by atoms with van der Waals surface area (Å²) >= 11 is 0. The second-order valence-corrected chi connectivity index (χ2v) is 9.43. The van der Waals surface area contributed by atoms with Gasteiger partial charge in [0.05, 0.1) is 13.5 Å². The highest BCUT2D eigenvalue weighted by Crippen LogP contribution is 2.38. The lowest BCUT2D eigenvalue weighted by Crippen LogP contribution is -2.04. The summed E-state index contributed by atoms with van der Waals surface area (Å²) in [5.41, 5.74) is 5.12. The molecule has 1 aliphatic rings. The predicted molar refractivity (Wildman–Crippen MR) is 143 cm³/mol. The maximum Gasteiger partial charge on any atom is 0.303 e. The van der Waals surface area contributed by atoms with Crippen LogP contribution in [-0.2, 0) is 24.4 Å². The van der Waals surface area contributed by atoms with Crippen LogP contribution < -0.4 is 14.2 Å². The number of ether oxygens (including phenoxy) is 3. The van der Waals surface area contributed by atoms with Crippen molar-refractivity contribution in [2.75, 3.05) is 7.11 Å². The number of halogens is 1. The van der Waals surface area contributed by atoms with E-state index in [9.17, 15) is 14.3 Å². The Hall–Kier alpha value is -4.32. The average molecular weight is 513 g/mol. The molecule has 0 saturated heterocycles. The van der Waals surface area contributed by atoms with Gasteiger partial charge in [0.2, 0.25) is 0 Å². The maximum atomic E-state index is 14.9. The molecule has 4 aromatic rings. The third kappa shape index (κ3) is 5.80. The summed E-state index contributed by atoms with van der Waals surface area (Å²) in [6.45, 7) is 0.616. The van der Waals surface area contributed by atoms with Crippen LogP contribution in [0.15, 0.2) is 84.9 Å². The summed E-state index contributed by atoms with van der Waals surface area (Å²) in [5.74, 6) is 0.646. The number of carbonyl (C=O) groups is 1. The van der Waals surface area contributed by atoms with Gasteiger partial charge in [0.15, 0.2) is 0 Å². The fraction of sp³-hybridized carbons (Fsp3) is 0.219. The number of carboxylic acid groups (broad SMARTS) is 1. The highest BCUT2D eigenvalue weighted by molar-refractivity contribution is 5.73. The van der Waals surface area contributed by atoms with E-state index in [1.54, 1.807) is 19.2 Å². The van der Waals surface area contributed by atoms with Crippen LogP contribution in [0.25, 0.3) is 11.1 Å². The number of rotatable bonds is 10. The van der Waals surface area contributed by atoms with E-state index >= 15 is 0 Å². The summed E-state index contributed by atoms with van der Waals surface area (Å²) < 4.78 is 32.5. The molecule has 0 saturated carbocycles. The van der Waals surface area contributed by atoms with Crippen LogP contribution in [0.3, 0.4) is 0 Å². The van der Waals surface area contributed by atoms with Gasteiger partial charge < -0.3 is 19.3 Å². The molecule has 5 rings (SSSR count). The van der Waals surface area contributed by atoms with E-state index in [0.717, 1.165) is 29.5 Å². The molecule has 0 heterocycles. The largest absolute Gasteiger partial charge is 0.497 e. The summed E-state index contributed by atoms with van der Waals surface area (Å²) in [7, 11) is 1.55. The summed E-state index contributed by atoms with van der Waals surface area (Å²) in [4.78, 5) is 11.2. The van der Waals surface area contributed by atoms with Crippen LogP contribution in [0.5, 0.6) is 17.2 Å². The highest BCUT2D eigenvalue weighted by atomic mass is 19.1. The van der Waals surface area contributed by atoms with E-state index in [1.807, 2.05) is 66.7 Å². The number of hydrogen-bond acceptors (Lipinski definition) is 4. The van der Waals surface area contributed by atoms with E-state index < -0.39 is 5.97 Å². The van der Waals surface area contributed by atoms with Crippen molar-refractivity contribution in [3.05, 3.63) is 113 Å². The molecule has 1 atom stereocenters. The van der Waals surface area contributed by atoms with E-state index in [1.165, 1.54) is 11.6 Å². The molecule has 0 fully saturated rings. The Morgan fingerprint density at radius 1 is 0.868 bits per heavy atom. The highest BCUT2D eigenvalue weighted by Gasteiger charge is 2.25. The summed E-state index contributed by atoms with van der Waals surface area (Å²) in [5, 5.41) is 9.24. The van der Waals surface area contributed by atoms with Gasteiger partial charge in [0.1, 0.15) is 36.3 Å². The standard InChI is InChI=1S/C32H29FO5/c1-36-25-12-14-30(33)29(17-25)27-13-7-22(15-31(27)38-19-21-5-3-2-4-6-21)20-37-26-11-10-23-8-9-24(16-32(34)35)28(23)18-26/h2-7,10-15,17-18,24H,8-9,16,19-20H2,1H3,(H,34,35)/t24-/m1/s1. The molecule has 0 bridgehead atoms. The smallest absolute Gasteiger partial charge is 0.303 e. The number of fused-ring (bicyclic) bond motifs is 1. The van der Waals surface area contributed by atoms with Gasteiger partial charge in [-0.2, -0.15) is 0 Å². The van der Waals surface area contributed by atoms with Gasteiger partial charge in [-0.1, -0.05) is 48.5 Å². The van der Waals surface area contributed by atoms with Gasteiger partial charge in [-0.3, -0.25) is 4.79 Å². The van der Waals surface area contributed by atoms with Crippen molar-refractivity contribution in [1.29, 1.82) is 0 Å². The molecule has 0 spiro atoms. The number of methoxy groups -OCH3 is 1. The molecule has 0 aromatic heterocycles. The molecule has 4 aromatic carbocycles. The first-order chi connectivity index (χ1) is 18.5. The summed E-state index contributed by atoms with van der Waals surface area (Å²) in [6, 6.07) is 25.9. The Morgan fingerprint density at radius 3 is 2.45 bits per heavy atom. The molecular formula is C32H29FO5. The van der Waals surface area contributed by atoms with Crippen molar-refractivity contribution in [1.82, 2.24) is 0 Å².